The lowest BCUT2D eigenvalue weighted by Crippen LogP contribution is -2.17. The van der Waals surface area contributed by atoms with Crippen molar-refractivity contribution in [2.24, 2.45) is 0 Å². The van der Waals surface area contributed by atoms with Gasteiger partial charge in [-0.3, -0.25) is 0 Å². The summed E-state index contributed by atoms with van der Waals surface area (Å²) < 4.78 is 4.98. The van der Waals surface area contributed by atoms with Gasteiger partial charge in [0.05, 0.1) is 5.56 Å². The number of carbonyl (C=O) groups excluding carboxylic acids is 1. The van der Waals surface area contributed by atoms with Crippen LogP contribution in [-0.4, -0.2) is 19.1 Å². The average Bonchev–Trinajstić information content (AvgIpc) is 2.88. The van der Waals surface area contributed by atoms with Crippen molar-refractivity contribution in [3.8, 4) is 0 Å². The molecule has 2 aliphatic rings. The molecule has 2 aliphatic heterocycles. The van der Waals surface area contributed by atoms with Crippen LogP contribution in [0.3, 0.4) is 0 Å². The third-order valence-electron chi connectivity index (χ3n) is 3.14. The van der Waals surface area contributed by atoms with Crippen molar-refractivity contribution < 1.29 is 9.53 Å². The van der Waals surface area contributed by atoms with Crippen LogP contribution in [0.15, 0.2) is 18.2 Å². The summed E-state index contributed by atoms with van der Waals surface area (Å²) in [4.78, 5) is 13.7. The zero-order valence-electron chi connectivity index (χ0n) is 8.53. The van der Waals surface area contributed by atoms with E-state index in [0.29, 0.717) is 6.61 Å². The van der Waals surface area contributed by atoms with Crippen LogP contribution in [-0.2, 0) is 11.3 Å². The van der Waals surface area contributed by atoms with Crippen LogP contribution in [0.2, 0.25) is 0 Å². The number of hydrogen-bond donors (Lipinski definition) is 0. The summed E-state index contributed by atoms with van der Waals surface area (Å²) in [6, 6.07) is 6.07. The van der Waals surface area contributed by atoms with Gasteiger partial charge in [0, 0.05) is 24.3 Å². The van der Waals surface area contributed by atoms with Crippen LogP contribution in [0.5, 0.6) is 0 Å². The molecule has 3 nitrogen and oxygen atoms in total. The second-order valence-corrected chi connectivity index (χ2v) is 4.11. The maximum absolute atomic E-state index is 11.4. The molecule has 0 radical (unpaired) electrons. The maximum Gasteiger partial charge on any atom is 0.338 e. The second kappa shape index (κ2) is 3.26. The molecule has 0 unspecified atom stereocenters. The summed E-state index contributed by atoms with van der Waals surface area (Å²) in [7, 11) is 0. The van der Waals surface area contributed by atoms with Gasteiger partial charge in [-0.15, -0.1) is 0 Å². The molecule has 15 heavy (non-hydrogen) atoms. The number of benzene rings is 1. The van der Waals surface area contributed by atoms with E-state index in [2.05, 4.69) is 11.0 Å². The van der Waals surface area contributed by atoms with Crippen LogP contribution >= 0.6 is 0 Å². The maximum atomic E-state index is 11.4. The molecule has 1 fully saturated rings. The van der Waals surface area contributed by atoms with E-state index in [1.807, 2.05) is 12.1 Å². The largest absolute Gasteiger partial charge is 0.457 e. The Balaban J connectivity index is 1.97. The minimum Gasteiger partial charge on any atom is -0.457 e. The standard InChI is InChI=1S/C12H13NO2/c14-12-11-7-10(13-5-1-2-6-13)4-3-9(11)8-15-12/h3-4,7H,1-2,5-6,8H2. The molecule has 0 bridgehead atoms. The minimum atomic E-state index is -0.175. The van der Waals surface area contributed by atoms with E-state index in [0.717, 1.165) is 29.9 Å². The average molecular weight is 203 g/mol. The van der Waals surface area contributed by atoms with Crippen molar-refractivity contribution in [2.75, 3.05) is 18.0 Å². The van der Waals surface area contributed by atoms with Crippen molar-refractivity contribution in [1.82, 2.24) is 0 Å². The van der Waals surface area contributed by atoms with E-state index in [9.17, 15) is 4.79 Å². The van der Waals surface area contributed by atoms with Crippen molar-refractivity contribution in [2.45, 2.75) is 19.4 Å². The summed E-state index contributed by atoms with van der Waals surface area (Å²) in [6.07, 6.45) is 2.50. The molecule has 3 heteroatoms. The van der Waals surface area contributed by atoms with Crippen LogP contribution in [0.1, 0.15) is 28.8 Å². The Morgan fingerprint density at radius 3 is 2.80 bits per heavy atom. The predicted molar refractivity (Wildman–Crippen MR) is 57.0 cm³/mol. The molecule has 1 saturated heterocycles. The van der Waals surface area contributed by atoms with Crippen molar-refractivity contribution in [3.05, 3.63) is 29.3 Å². The smallest absolute Gasteiger partial charge is 0.338 e. The van der Waals surface area contributed by atoms with E-state index in [1.165, 1.54) is 12.8 Å². The minimum absolute atomic E-state index is 0.175. The number of nitrogens with zero attached hydrogens (tertiary/aromatic N) is 1. The number of fused-ring (bicyclic) bond motifs is 1. The summed E-state index contributed by atoms with van der Waals surface area (Å²) in [6.45, 7) is 2.65. The zero-order chi connectivity index (χ0) is 10.3. The van der Waals surface area contributed by atoms with Gasteiger partial charge in [-0.05, 0) is 25.0 Å². The molecule has 0 amide bonds. The molecule has 0 saturated carbocycles. The molecule has 0 aromatic heterocycles. The first-order chi connectivity index (χ1) is 7.34. The lowest BCUT2D eigenvalue weighted by atomic mass is 10.1. The highest BCUT2D eigenvalue weighted by Crippen LogP contribution is 2.27. The van der Waals surface area contributed by atoms with Gasteiger partial charge in [0.2, 0.25) is 0 Å². The van der Waals surface area contributed by atoms with Crippen LogP contribution in [0, 0.1) is 0 Å². The highest BCUT2D eigenvalue weighted by atomic mass is 16.5. The fourth-order valence-corrected chi connectivity index (χ4v) is 2.27. The highest BCUT2D eigenvalue weighted by Gasteiger charge is 2.22. The Kier molecular flexibility index (Phi) is 1.91. The molecule has 1 aromatic rings. The van der Waals surface area contributed by atoms with E-state index in [-0.39, 0.29) is 5.97 Å². The van der Waals surface area contributed by atoms with Gasteiger partial charge in [-0.1, -0.05) is 6.07 Å². The molecule has 78 valence electrons. The lowest BCUT2D eigenvalue weighted by molar-refractivity contribution is 0.0535. The van der Waals surface area contributed by atoms with E-state index < -0.39 is 0 Å². The van der Waals surface area contributed by atoms with Crippen molar-refractivity contribution in [1.29, 1.82) is 0 Å². The summed E-state index contributed by atoms with van der Waals surface area (Å²) in [5, 5.41) is 0. The Morgan fingerprint density at radius 2 is 2.00 bits per heavy atom. The molecule has 0 spiro atoms. The van der Waals surface area contributed by atoms with Crippen LogP contribution < -0.4 is 4.90 Å². The Morgan fingerprint density at radius 1 is 1.20 bits per heavy atom. The third kappa shape index (κ3) is 1.39. The van der Waals surface area contributed by atoms with Gasteiger partial charge < -0.3 is 9.64 Å². The lowest BCUT2D eigenvalue weighted by Gasteiger charge is -2.17. The highest BCUT2D eigenvalue weighted by molar-refractivity contribution is 5.94. The molecular weight excluding hydrogens is 190 g/mol. The summed E-state index contributed by atoms with van der Waals surface area (Å²) >= 11 is 0. The number of carbonyl (C=O) groups is 1. The molecule has 3 rings (SSSR count). The Labute approximate surface area is 88.6 Å². The first-order valence-corrected chi connectivity index (χ1v) is 5.39. The molecular formula is C12H13NO2. The van der Waals surface area contributed by atoms with Crippen LogP contribution in [0.25, 0.3) is 0 Å². The number of hydrogen-bond acceptors (Lipinski definition) is 3. The predicted octanol–water partition coefficient (Wildman–Crippen LogP) is 1.96. The Hall–Kier alpha value is -1.51. The second-order valence-electron chi connectivity index (χ2n) is 4.11. The quantitative estimate of drug-likeness (QED) is 0.653. The fourth-order valence-electron chi connectivity index (χ4n) is 2.27. The van der Waals surface area contributed by atoms with E-state index in [4.69, 9.17) is 4.74 Å². The number of anilines is 1. The van der Waals surface area contributed by atoms with E-state index >= 15 is 0 Å². The van der Waals surface area contributed by atoms with Crippen molar-refractivity contribution >= 4 is 11.7 Å². The van der Waals surface area contributed by atoms with Gasteiger partial charge in [-0.2, -0.15) is 0 Å². The molecule has 1 aromatic carbocycles. The summed E-state index contributed by atoms with van der Waals surface area (Å²) in [5.74, 6) is -0.175. The molecule has 0 N–H and O–H groups in total. The van der Waals surface area contributed by atoms with Crippen molar-refractivity contribution in [3.63, 3.8) is 0 Å². The first-order valence-electron chi connectivity index (χ1n) is 5.39. The summed E-state index contributed by atoms with van der Waals surface area (Å²) in [5.41, 5.74) is 2.92. The normalized spacial score (nSPS) is 19.2. The number of esters is 1. The zero-order valence-corrected chi connectivity index (χ0v) is 8.53. The van der Waals surface area contributed by atoms with Gasteiger partial charge >= 0.3 is 5.97 Å². The first kappa shape index (κ1) is 8.77. The number of rotatable bonds is 1. The topological polar surface area (TPSA) is 29.5 Å². The van der Waals surface area contributed by atoms with Gasteiger partial charge in [0.1, 0.15) is 6.61 Å². The Bertz CT molecular complexity index is 408. The fraction of sp³-hybridized carbons (Fsp3) is 0.417. The van der Waals surface area contributed by atoms with Gasteiger partial charge in [-0.25, -0.2) is 4.79 Å². The molecule has 0 aliphatic carbocycles. The van der Waals surface area contributed by atoms with Gasteiger partial charge in [0.15, 0.2) is 0 Å². The SMILES string of the molecule is O=C1OCc2ccc(N3CCCC3)cc21. The molecule has 2 heterocycles. The van der Waals surface area contributed by atoms with Crippen LogP contribution in [0.4, 0.5) is 5.69 Å². The number of cyclic esters (lactones) is 1. The number of ether oxygens (including phenoxy) is 1. The molecule has 0 atom stereocenters. The third-order valence-corrected chi connectivity index (χ3v) is 3.14. The monoisotopic (exact) mass is 203 g/mol. The van der Waals surface area contributed by atoms with E-state index in [1.54, 1.807) is 0 Å². The van der Waals surface area contributed by atoms with Gasteiger partial charge in [0.25, 0.3) is 0 Å².